The largest absolute Gasteiger partial charge is 0.497 e. The molecule has 0 saturated carbocycles. The highest BCUT2D eigenvalue weighted by atomic mass is 79.9. The number of alkyl halides is 3. The number of anilines is 1. The van der Waals surface area contributed by atoms with Gasteiger partial charge in [-0.3, -0.25) is 4.31 Å². The Morgan fingerprint density at radius 1 is 1.13 bits per heavy atom. The third kappa shape index (κ3) is 7.44. The molecular formula is C25H37BrF4N4O3SSi. The van der Waals surface area contributed by atoms with E-state index in [0.717, 1.165) is 22.4 Å². The summed E-state index contributed by atoms with van der Waals surface area (Å²) in [7, 11) is -2.04. The van der Waals surface area contributed by atoms with E-state index in [1.54, 1.807) is 12.1 Å². The van der Waals surface area contributed by atoms with Gasteiger partial charge in [0.1, 0.15) is 38.4 Å². The van der Waals surface area contributed by atoms with Gasteiger partial charge < -0.3 is 15.2 Å². The van der Waals surface area contributed by atoms with E-state index < -0.39 is 47.8 Å². The van der Waals surface area contributed by atoms with Crippen molar-refractivity contribution in [1.82, 2.24) is 4.98 Å². The molecule has 7 nitrogen and oxygen atoms in total. The molecule has 220 valence electrons. The fourth-order valence-electron chi connectivity index (χ4n) is 4.64. The van der Waals surface area contributed by atoms with Crippen LogP contribution >= 0.6 is 15.9 Å². The van der Waals surface area contributed by atoms with Crippen LogP contribution < -0.4 is 24.7 Å². The summed E-state index contributed by atoms with van der Waals surface area (Å²) < 4.78 is 86.0. The van der Waals surface area contributed by atoms with Gasteiger partial charge in [0.05, 0.1) is 45.0 Å². The minimum absolute atomic E-state index is 0.177. The van der Waals surface area contributed by atoms with Crippen LogP contribution in [0.2, 0.25) is 18.1 Å². The Labute approximate surface area is 237 Å². The topological polar surface area (TPSA) is 90.0 Å². The summed E-state index contributed by atoms with van der Waals surface area (Å²) in [5.41, 5.74) is 4.86. The van der Waals surface area contributed by atoms with Crippen LogP contribution in [0.5, 0.6) is 11.5 Å². The van der Waals surface area contributed by atoms with E-state index in [-0.39, 0.29) is 17.1 Å². The Morgan fingerprint density at radius 2 is 1.72 bits per heavy atom. The van der Waals surface area contributed by atoms with Crippen molar-refractivity contribution in [3.8, 4) is 11.5 Å². The highest BCUT2D eigenvalue weighted by Crippen LogP contribution is 2.36. The number of methoxy groups -OCH3 is 2. The third-order valence-electron chi connectivity index (χ3n) is 7.16. The highest BCUT2D eigenvalue weighted by molar-refractivity contribution is 9.10. The van der Waals surface area contributed by atoms with Crippen molar-refractivity contribution in [2.24, 2.45) is 10.1 Å². The fraction of sp³-hybridized carbons (Fsp3) is 0.560. The van der Waals surface area contributed by atoms with E-state index in [4.69, 9.17) is 15.2 Å². The van der Waals surface area contributed by atoms with Gasteiger partial charge in [0, 0.05) is 13.1 Å². The maximum atomic E-state index is 16.2. The lowest BCUT2D eigenvalue weighted by molar-refractivity contribution is -0.117. The second-order valence-electron chi connectivity index (χ2n) is 9.60. The summed E-state index contributed by atoms with van der Waals surface area (Å²) in [6.45, 7) is 5.79. The molecule has 1 aromatic heterocycles. The van der Waals surface area contributed by atoms with E-state index in [0.29, 0.717) is 15.5 Å². The normalized spacial score (nSPS) is 15.3. The molecule has 2 N–H and O–H groups in total. The minimum atomic E-state index is -4.72. The van der Waals surface area contributed by atoms with Gasteiger partial charge in [0.15, 0.2) is 0 Å². The van der Waals surface area contributed by atoms with Crippen molar-refractivity contribution >= 4 is 44.8 Å². The highest BCUT2D eigenvalue weighted by Gasteiger charge is 2.40. The van der Waals surface area contributed by atoms with Crippen molar-refractivity contribution < 1.29 is 31.2 Å². The number of nitrogens with zero attached hydrogens (tertiary/aromatic N) is 3. The molecule has 0 spiro atoms. The second kappa shape index (κ2) is 12.7. The zero-order valence-corrected chi connectivity index (χ0v) is 26.7. The average Bonchev–Trinajstić information content (AvgIpc) is 2.88. The molecule has 1 heterocycles. The molecule has 0 bridgehead atoms. The van der Waals surface area contributed by atoms with E-state index in [1.165, 1.54) is 40.3 Å². The predicted molar refractivity (Wildman–Crippen MR) is 155 cm³/mol. The van der Waals surface area contributed by atoms with E-state index in [9.17, 15) is 17.4 Å². The molecule has 0 radical (unpaired) electrons. The molecule has 0 aliphatic heterocycles. The SMILES string of the molecule is CC[Si](CC)(CC)c1cc(Br)nc(C(C)(N)CS(=O)(=NCC(F)(F)F)N(C)c2ccc(OC)cc2OC)c1F. The zero-order chi connectivity index (χ0) is 29.8. The Balaban J connectivity index is 2.75. The predicted octanol–water partition coefficient (Wildman–Crippen LogP) is 5.97. The van der Waals surface area contributed by atoms with Crippen molar-refractivity contribution in [3.63, 3.8) is 0 Å². The summed E-state index contributed by atoms with van der Waals surface area (Å²) >= 11 is 3.36. The van der Waals surface area contributed by atoms with Crippen LogP contribution in [0.1, 0.15) is 33.4 Å². The lowest BCUT2D eigenvalue weighted by Crippen LogP contribution is -2.51. The van der Waals surface area contributed by atoms with Crippen LogP contribution in [0, 0.1) is 5.82 Å². The molecule has 39 heavy (non-hydrogen) atoms. The van der Waals surface area contributed by atoms with E-state index in [1.807, 2.05) is 20.8 Å². The summed E-state index contributed by atoms with van der Waals surface area (Å²) in [4.78, 5) is 4.29. The molecule has 0 fully saturated rings. The first-order valence-corrected chi connectivity index (χ1v) is 17.5. The molecule has 14 heteroatoms. The van der Waals surface area contributed by atoms with Gasteiger partial charge >= 0.3 is 6.18 Å². The van der Waals surface area contributed by atoms with Gasteiger partial charge in [0.25, 0.3) is 0 Å². The van der Waals surface area contributed by atoms with Gasteiger partial charge in [-0.05, 0) is 46.2 Å². The van der Waals surface area contributed by atoms with Crippen LogP contribution in [0.3, 0.4) is 0 Å². The summed E-state index contributed by atoms with van der Waals surface area (Å²) in [5.74, 6) is -0.623. The van der Waals surface area contributed by atoms with Crippen molar-refractivity contribution in [3.05, 3.63) is 40.4 Å². The summed E-state index contributed by atoms with van der Waals surface area (Å²) in [5, 5.41) is 0.535. The summed E-state index contributed by atoms with van der Waals surface area (Å²) in [6.07, 6.45) is -4.72. The van der Waals surface area contributed by atoms with Crippen LogP contribution in [-0.4, -0.2) is 57.0 Å². The number of hydrogen-bond acceptors (Lipinski definition) is 6. The Bertz CT molecular complexity index is 1270. The number of rotatable bonds is 12. The number of benzene rings is 1. The summed E-state index contributed by atoms with van der Waals surface area (Å²) in [6, 6.07) is 8.56. The quantitative estimate of drug-likeness (QED) is 0.173. The van der Waals surface area contributed by atoms with Crippen molar-refractivity contribution in [2.75, 3.05) is 37.9 Å². The van der Waals surface area contributed by atoms with Crippen LogP contribution in [0.4, 0.5) is 23.2 Å². The molecule has 2 unspecified atom stereocenters. The van der Waals surface area contributed by atoms with Crippen molar-refractivity contribution in [2.45, 2.75) is 57.5 Å². The van der Waals surface area contributed by atoms with Crippen LogP contribution in [-0.2, 0) is 15.5 Å². The van der Waals surface area contributed by atoms with Crippen LogP contribution in [0.15, 0.2) is 33.2 Å². The Morgan fingerprint density at radius 3 is 2.21 bits per heavy atom. The maximum Gasteiger partial charge on any atom is 0.408 e. The Kier molecular flexibility index (Phi) is 10.9. The second-order valence-corrected chi connectivity index (χ2v) is 17.9. The number of pyridine rings is 1. The van der Waals surface area contributed by atoms with Crippen molar-refractivity contribution in [1.29, 1.82) is 0 Å². The minimum Gasteiger partial charge on any atom is -0.497 e. The lowest BCUT2D eigenvalue weighted by atomic mass is 10.0. The molecule has 2 atom stereocenters. The molecule has 0 aliphatic rings. The zero-order valence-electron chi connectivity index (χ0n) is 23.3. The smallest absolute Gasteiger partial charge is 0.408 e. The first-order valence-electron chi connectivity index (χ1n) is 12.4. The molecule has 0 aliphatic carbocycles. The van der Waals surface area contributed by atoms with E-state index in [2.05, 4.69) is 25.3 Å². The number of nitrogens with two attached hydrogens (primary N) is 1. The molecule has 2 aromatic rings. The third-order valence-corrected chi connectivity index (χ3v) is 15.7. The number of hydrogen-bond donors (Lipinski definition) is 1. The standard InChI is InChI=1S/C25H37BrF4N4O3SSi/c1-8-39(9-2,10-3)20-14-21(26)33-23(22(20)27)24(4,31)16-38(35,32-15-25(28,29)30)34(5)18-12-11-17(36-6)13-19(18)37-7/h11-14H,8-10,15-16,31H2,1-7H3. The van der Waals surface area contributed by atoms with E-state index >= 15 is 4.39 Å². The van der Waals surface area contributed by atoms with Gasteiger partial charge in [0.2, 0.25) is 0 Å². The lowest BCUT2D eigenvalue weighted by Gasteiger charge is -2.34. The van der Waals surface area contributed by atoms with Gasteiger partial charge in [-0.1, -0.05) is 38.9 Å². The first kappa shape index (κ1) is 33.3. The van der Waals surface area contributed by atoms with Crippen LogP contribution in [0.25, 0.3) is 0 Å². The molecule has 1 aromatic carbocycles. The van der Waals surface area contributed by atoms with Gasteiger partial charge in [-0.25, -0.2) is 17.9 Å². The van der Waals surface area contributed by atoms with Gasteiger partial charge in [-0.15, -0.1) is 0 Å². The molecule has 0 amide bonds. The number of halogens is 5. The maximum absolute atomic E-state index is 16.2. The van der Waals surface area contributed by atoms with Gasteiger partial charge in [-0.2, -0.15) is 13.2 Å². The monoisotopic (exact) mass is 656 g/mol. The molecule has 0 saturated heterocycles. The fourth-order valence-corrected chi connectivity index (χ4v) is 11.1. The first-order chi connectivity index (χ1) is 18.0. The average molecular weight is 658 g/mol. The number of ether oxygens (including phenoxy) is 2. The number of aromatic nitrogens is 1. The Hall–Kier alpha value is -1.90. The molecular weight excluding hydrogens is 620 g/mol. The molecule has 2 rings (SSSR count).